The van der Waals surface area contributed by atoms with E-state index < -0.39 is 0 Å². The van der Waals surface area contributed by atoms with E-state index in [4.69, 9.17) is 0 Å². The molecule has 0 aliphatic carbocycles. The molecule has 0 aliphatic heterocycles. The van der Waals surface area contributed by atoms with Gasteiger partial charge in [0.05, 0.1) is 5.52 Å². The minimum Gasteiger partial charge on any atom is -0.312 e. The molecule has 1 atom stereocenters. The second-order valence-electron chi connectivity index (χ2n) is 5.17. The Kier molecular flexibility index (Phi) is 5.33. The van der Waals surface area contributed by atoms with Crippen LogP contribution < -0.4 is 5.32 Å². The number of fused-ring (bicyclic) bond motifs is 1. The lowest BCUT2D eigenvalue weighted by molar-refractivity contribution is 0.419. The molecular weight excluding hydrogens is 236 g/mol. The third-order valence-corrected chi connectivity index (χ3v) is 3.73. The van der Waals surface area contributed by atoms with Crippen LogP contribution >= 0.6 is 0 Å². The molecule has 4 heteroatoms. The normalized spacial score (nSPS) is 12.9. The number of rotatable bonds is 8. The van der Waals surface area contributed by atoms with Crippen molar-refractivity contribution in [1.82, 2.24) is 20.7 Å². The largest absolute Gasteiger partial charge is 0.312 e. The molecule has 2 rings (SSSR count). The quantitative estimate of drug-likeness (QED) is 0.766. The van der Waals surface area contributed by atoms with Crippen molar-refractivity contribution in [3.8, 4) is 0 Å². The number of benzene rings is 1. The number of aromatic nitrogens is 3. The average molecular weight is 260 g/mol. The van der Waals surface area contributed by atoms with Gasteiger partial charge in [0, 0.05) is 6.54 Å². The number of H-pyrrole nitrogens is 1. The lowest BCUT2D eigenvalue weighted by Gasteiger charge is -2.15. The molecule has 4 nitrogen and oxygen atoms in total. The first-order chi connectivity index (χ1) is 9.35. The van der Waals surface area contributed by atoms with Gasteiger partial charge in [-0.3, -0.25) is 5.10 Å². The Bertz CT molecular complexity index is 492. The summed E-state index contributed by atoms with van der Waals surface area (Å²) < 4.78 is 0. The van der Waals surface area contributed by atoms with Gasteiger partial charge in [-0.15, -0.1) is 5.10 Å². The molecule has 2 N–H and O–H groups in total. The Morgan fingerprint density at radius 2 is 2.21 bits per heavy atom. The van der Waals surface area contributed by atoms with Crippen LogP contribution in [-0.2, 0) is 6.54 Å². The van der Waals surface area contributed by atoms with Gasteiger partial charge >= 0.3 is 0 Å². The SMILES string of the molecule is CCCCC(CC)CNCc1cccc2[nH]nnc12. The van der Waals surface area contributed by atoms with E-state index >= 15 is 0 Å². The van der Waals surface area contributed by atoms with Gasteiger partial charge in [0.1, 0.15) is 5.52 Å². The maximum Gasteiger partial charge on any atom is 0.117 e. The highest BCUT2D eigenvalue weighted by molar-refractivity contribution is 5.77. The first-order valence-electron chi connectivity index (χ1n) is 7.34. The van der Waals surface area contributed by atoms with Gasteiger partial charge in [-0.1, -0.05) is 50.5 Å². The molecule has 0 amide bonds. The van der Waals surface area contributed by atoms with Crippen molar-refractivity contribution in [1.29, 1.82) is 0 Å². The van der Waals surface area contributed by atoms with Crippen molar-refractivity contribution in [2.45, 2.75) is 46.1 Å². The van der Waals surface area contributed by atoms with Crippen molar-refractivity contribution < 1.29 is 0 Å². The van der Waals surface area contributed by atoms with E-state index in [9.17, 15) is 0 Å². The van der Waals surface area contributed by atoms with E-state index in [1.54, 1.807) is 0 Å². The maximum atomic E-state index is 4.14. The van der Waals surface area contributed by atoms with Gasteiger partial charge in [0.2, 0.25) is 0 Å². The summed E-state index contributed by atoms with van der Waals surface area (Å²) in [4.78, 5) is 0. The number of hydrogen-bond acceptors (Lipinski definition) is 3. The van der Waals surface area contributed by atoms with Crippen molar-refractivity contribution in [3.05, 3.63) is 23.8 Å². The van der Waals surface area contributed by atoms with Crippen molar-refractivity contribution in [2.75, 3.05) is 6.54 Å². The number of hydrogen-bond donors (Lipinski definition) is 2. The highest BCUT2D eigenvalue weighted by atomic mass is 15.3. The molecule has 0 radical (unpaired) electrons. The summed E-state index contributed by atoms with van der Waals surface area (Å²) in [6.45, 7) is 6.49. The maximum absolute atomic E-state index is 4.14. The average Bonchev–Trinajstić information content (AvgIpc) is 2.91. The summed E-state index contributed by atoms with van der Waals surface area (Å²) >= 11 is 0. The Hall–Kier alpha value is -1.42. The molecule has 1 unspecified atom stereocenters. The molecule has 0 saturated carbocycles. The molecule has 0 fully saturated rings. The van der Waals surface area contributed by atoms with Gasteiger partial charge in [0.15, 0.2) is 0 Å². The third-order valence-electron chi connectivity index (χ3n) is 3.73. The Morgan fingerprint density at radius 1 is 1.32 bits per heavy atom. The summed E-state index contributed by atoms with van der Waals surface area (Å²) in [7, 11) is 0. The highest BCUT2D eigenvalue weighted by Crippen LogP contribution is 2.14. The van der Waals surface area contributed by atoms with Crippen LogP contribution in [0.5, 0.6) is 0 Å². The smallest absolute Gasteiger partial charge is 0.117 e. The second-order valence-corrected chi connectivity index (χ2v) is 5.17. The molecule has 0 aliphatic rings. The molecule has 104 valence electrons. The summed E-state index contributed by atoms with van der Waals surface area (Å²) in [5, 5.41) is 14.5. The Morgan fingerprint density at radius 3 is 3.00 bits per heavy atom. The van der Waals surface area contributed by atoms with Gasteiger partial charge in [-0.2, -0.15) is 0 Å². The first kappa shape index (κ1) is 14.0. The van der Waals surface area contributed by atoms with Gasteiger partial charge in [-0.05, 0) is 30.5 Å². The van der Waals surface area contributed by atoms with Crippen LogP contribution in [0.3, 0.4) is 0 Å². The summed E-state index contributed by atoms with van der Waals surface area (Å²) in [5.41, 5.74) is 3.21. The lowest BCUT2D eigenvalue weighted by atomic mass is 9.99. The minimum absolute atomic E-state index is 0.788. The number of nitrogens with zero attached hydrogens (tertiary/aromatic N) is 2. The molecular formula is C15H24N4. The fourth-order valence-corrected chi connectivity index (χ4v) is 2.43. The predicted molar refractivity (Wildman–Crippen MR) is 78.9 cm³/mol. The predicted octanol–water partition coefficient (Wildman–Crippen LogP) is 3.26. The Balaban J connectivity index is 1.86. The molecule has 0 saturated heterocycles. The van der Waals surface area contributed by atoms with E-state index in [1.807, 2.05) is 12.1 Å². The molecule has 19 heavy (non-hydrogen) atoms. The lowest BCUT2D eigenvalue weighted by Crippen LogP contribution is -2.22. The van der Waals surface area contributed by atoms with Crippen molar-refractivity contribution >= 4 is 11.0 Å². The number of unbranched alkanes of at least 4 members (excludes halogenated alkanes) is 1. The van der Waals surface area contributed by atoms with Crippen LogP contribution in [0.25, 0.3) is 11.0 Å². The second kappa shape index (κ2) is 7.24. The summed E-state index contributed by atoms with van der Waals surface area (Å²) in [6, 6.07) is 6.17. The Labute approximate surface area is 115 Å². The molecule has 1 heterocycles. The molecule has 0 spiro atoms. The molecule has 1 aromatic heterocycles. The fourth-order valence-electron chi connectivity index (χ4n) is 2.43. The fraction of sp³-hybridized carbons (Fsp3) is 0.600. The number of aromatic amines is 1. The van der Waals surface area contributed by atoms with Crippen LogP contribution in [0.2, 0.25) is 0 Å². The van der Waals surface area contributed by atoms with Gasteiger partial charge in [-0.25, -0.2) is 0 Å². The first-order valence-corrected chi connectivity index (χ1v) is 7.34. The van der Waals surface area contributed by atoms with Gasteiger partial charge < -0.3 is 5.32 Å². The van der Waals surface area contributed by atoms with Crippen LogP contribution in [0.4, 0.5) is 0 Å². The monoisotopic (exact) mass is 260 g/mol. The van der Waals surface area contributed by atoms with Crippen LogP contribution in [0.1, 0.15) is 45.1 Å². The van der Waals surface area contributed by atoms with Crippen LogP contribution in [-0.4, -0.2) is 22.0 Å². The minimum atomic E-state index is 0.788. The summed E-state index contributed by atoms with van der Waals surface area (Å²) in [5.74, 6) is 0.788. The van der Waals surface area contributed by atoms with Crippen molar-refractivity contribution in [3.63, 3.8) is 0 Å². The zero-order valence-electron chi connectivity index (χ0n) is 11.9. The van der Waals surface area contributed by atoms with E-state index in [0.717, 1.165) is 30.0 Å². The van der Waals surface area contributed by atoms with E-state index in [2.05, 4.69) is 40.6 Å². The summed E-state index contributed by atoms with van der Waals surface area (Å²) in [6.07, 6.45) is 5.20. The topological polar surface area (TPSA) is 53.6 Å². The van der Waals surface area contributed by atoms with Crippen LogP contribution in [0, 0.1) is 5.92 Å². The van der Waals surface area contributed by atoms with E-state index in [-0.39, 0.29) is 0 Å². The van der Waals surface area contributed by atoms with E-state index in [1.165, 1.54) is 31.2 Å². The standard InChI is InChI=1S/C15H24N4/c1-3-5-7-12(4-2)10-16-11-13-8-6-9-14-15(13)18-19-17-14/h6,8-9,12,16H,3-5,7,10-11H2,1-2H3,(H,17,18,19). The molecule has 2 aromatic rings. The van der Waals surface area contributed by atoms with Crippen LogP contribution in [0.15, 0.2) is 18.2 Å². The number of nitrogens with one attached hydrogen (secondary N) is 2. The zero-order valence-corrected chi connectivity index (χ0v) is 11.9. The molecule has 1 aromatic carbocycles. The van der Waals surface area contributed by atoms with Gasteiger partial charge in [0.25, 0.3) is 0 Å². The zero-order chi connectivity index (χ0) is 13.5. The molecule has 0 bridgehead atoms. The third kappa shape index (κ3) is 3.77. The van der Waals surface area contributed by atoms with Crippen molar-refractivity contribution in [2.24, 2.45) is 5.92 Å². The highest BCUT2D eigenvalue weighted by Gasteiger charge is 2.07. The van der Waals surface area contributed by atoms with E-state index in [0.29, 0.717) is 0 Å².